The third kappa shape index (κ3) is 7.57. The molecule has 1 aliphatic rings. The van der Waals surface area contributed by atoms with Gasteiger partial charge in [-0.15, -0.1) is 0 Å². The number of carbonyl (C=O) groups is 2. The first-order valence-corrected chi connectivity index (χ1v) is 10.0. The molecule has 1 aromatic rings. The first-order valence-electron chi connectivity index (χ1n) is 10.0. The van der Waals surface area contributed by atoms with E-state index in [4.69, 9.17) is 19.9 Å². The molecular formula is C22H34N2O5. The van der Waals surface area contributed by atoms with Crippen LogP contribution < -0.4 is 5.73 Å². The molecule has 0 spiro atoms. The molecule has 1 amide bonds. The van der Waals surface area contributed by atoms with Crippen LogP contribution in [-0.4, -0.2) is 54.0 Å². The number of ether oxygens (including phenoxy) is 3. The fourth-order valence-corrected chi connectivity index (χ4v) is 3.13. The van der Waals surface area contributed by atoms with E-state index in [-0.39, 0.29) is 12.5 Å². The van der Waals surface area contributed by atoms with E-state index in [1.54, 1.807) is 11.0 Å². The van der Waals surface area contributed by atoms with Gasteiger partial charge >= 0.3 is 12.1 Å². The van der Waals surface area contributed by atoms with Crippen molar-refractivity contribution in [3.05, 3.63) is 29.8 Å². The van der Waals surface area contributed by atoms with Crippen LogP contribution in [0.5, 0.6) is 0 Å². The molecular weight excluding hydrogens is 372 g/mol. The largest absolute Gasteiger partial charge is 0.460 e. The van der Waals surface area contributed by atoms with Crippen molar-refractivity contribution in [1.82, 2.24) is 4.90 Å². The van der Waals surface area contributed by atoms with Gasteiger partial charge in [0.25, 0.3) is 0 Å². The average molecular weight is 407 g/mol. The lowest BCUT2D eigenvalue weighted by molar-refractivity contribution is -0.168. The second-order valence-corrected chi connectivity index (χ2v) is 9.42. The summed E-state index contributed by atoms with van der Waals surface area (Å²) >= 11 is 0. The van der Waals surface area contributed by atoms with Crippen LogP contribution in [0.25, 0.3) is 0 Å². The normalized spacial score (nSPS) is 18.8. The molecule has 1 aromatic carbocycles. The van der Waals surface area contributed by atoms with Crippen molar-refractivity contribution < 1.29 is 23.8 Å². The number of carbonyl (C=O) groups excluding carboxylic acids is 2. The Balaban J connectivity index is 2.20. The van der Waals surface area contributed by atoms with Crippen LogP contribution in [0.15, 0.2) is 24.3 Å². The van der Waals surface area contributed by atoms with Gasteiger partial charge in [0.1, 0.15) is 11.2 Å². The topological polar surface area (TPSA) is 91.1 Å². The first-order chi connectivity index (χ1) is 13.3. The van der Waals surface area contributed by atoms with Crippen LogP contribution in [0.4, 0.5) is 10.5 Å². The van der Waals surface area contributed by atoms with Crippen molar-refractivity contribution in [2.24, 2.45) is 5.92 Å². The standard InChI is InChI=1S/C22H34N2O5/c1-21(2,3)28-19(25)17(13-15-8-7-9-16(23)12-15)18-14-24(10-11-27-18)20(26)29-22(4,5)6/h7-9,12,17-18H,10-11,13-14,23H2,1-6H3. The molecule has 0 aromatic heterocycles. The smallest absolute Gasteiger partial charge is 0.410 e. The van der Waals surface area contributed by atoms with Crippen molar-refractivity contribution in [2.45, 2.75) is 65.3 Å². The molecule has 0 bridgehead atoms. The summed E-state index contributed by atoms with van der Waals surface area (Å²) in [6.07, 6.45) is -0.488. The van der Waals surface area contributed by atoms with Gasteiger partial charge in [-0.3, -0.25) is 4.79 Å². The number of morpholine rings is 1. The maximum absolute atomic E-state index is 13.0. The molecule has 7 heteroatoms. The lowest BCUT2D eigenvalue weighted by atomic mass is 9.92. The maximum atomic E-state index is 13.0. The number of hydrogen-bond donors (Lipinski definition) is 1. The molecule has 2 rings (SSSR count). The van der Waals surface area contributed by atoms with E-state index in [0.717, 1.165) is 5.56 Å². The number of nitrogen functional groups attached to an aromatic ring is 1. The molecule has 1 aliphatic heterocycles. The second kappa shape index (κ2) is 9.03. The van der Waals surface area contributed by atoms with Crippen molar-refractivity contribution in [1.29, 1.82) is 0 Å². The van der Waals surface area contributed by atoms with Crippen molar-refractivity contribution >= 4 is 17.7 Å². The number of benzene rings is 1. The molecule has 1 fully saturated rings. The molecule has 2 atom stereocenters. The number of rotatable bonds is 4. The lowest BCUT2D eigenvalue weighted by Gasteiger charge is -2.37. The number of amides is 1. The number of nitrogens with two attached hydrogens (primary N) is 1. The molecule has 0 aliphatic carbocycles. The highest BCUT2D eigenvalue weighted by molar-refractivity contribution is 5.74. The Morgan fingerprint density at radius 1 is 1.17 bits per heavy atom. The second-order valence-electron chi connectivity index (χ2n) is 9.42. The summed E-state index contributed by atoms with van der Waals surface area (Å²) in [6.45, 7) is 12.0. The molecule has 29 heavy (non-hydrogen) atoms. The van der Waals surface area contributed by atoms with E-state index in [0.29, 0.717) is 25.3 Å². The molecule has 1 heterocycles. The zero-order chi connectivity index (χ0) is 21.8. The monoisotopic (exact) mass is 406 g/mol. The molecule has 2 N–H and O–H groups in total. The molecule has 0 saturated carbocycles. The average Bonchev–Trinajstić information content (AvgIpc) is 2.57. The summed E-state index contributed by atoms with van der Waals surface area (Å²) in [5.41, 5.74) is 6.23. The highest BCUT2D eigenvalue weighted by Crippen LogP contribution is 2.24. The minimum atomic E-state index is -0.620. The fourth-order valence-electron chi connectivity index (χ4n) is 3.13. The van der Waals surface area contributed by atoms with Crippen LogP contribution in [0, 0.1) is 5.92 Å². The van der Waals surface area contributed by atoms with Crippen molar-refractivity contribution in [3.63, 3.8) is 0 Å². The number of anilines is 1. The third-order valence-corrected chi connectivity index (χ3v) is 4.31. The van der Waals surface area contributed by atoms with Crippen LogP contribution >= 0.6 is 0 Å². The van der Waals surface area contributed by atoms with Gasteiger partial charge in [0.2, 0.25) is 0 Å². The molecule has 1 saturated heterocycles. The van der Waals surface area contributed by atoms with Crippen LogP contribution in [-0.2, 0) is 25.4 Å². The van der Waals surface area contributed by atoms with Gasteiger partial charge in [0.15, 0.2) is 0 Å². The van der Waals surface area contributed by atoms with Gasteiger partial charge in [-0.25, -0.2) is 4.79 Å². The number of hydrogen-bond acceptors (Lipinski definition) is 6. The Hall–Kier alpha value is -2.28. The summed E-state index contributed by atoms with van der Waals surface area (Å²) in [7, 11) is 0. The van der Waals surface area contributed by atoms with E-state index in [2.05, 4.69) is 0 Å². The fraction of sp³-hybridized carbons (Fsp3) is 0.636. The van der Waals surface area contributed by atoms with Gasteiger partial charge in [0, 0.05) is 12.2 Å². The van der Waals surface area contributed by atoms with Crippen LogP contribution in [0.2, 0.25) is 0 Å². The summed E-state index contributed by atoms with van der Waals surface area (Å²) in [5.74, 6) is -0.919. The zero-order valence-electron chi connectivity index (χ0n) is 18.4. The Labute approximate surface area is 173 Å². The van der Waals surface area contributed by atoms with Gasteiger partial charge in [-0.1, -0.05) is 12.1 Å². The quantitative estimate of drug-likeness (QED) is 0.609. The maximum Gasteiger partial charge on any atom is 0.410 e. The van der Waals surface area contributed by atoms with E-state index in [1.165, 1.54) is 0 Å². The van der Waals surface area contributed by atoms with E-state index >= 15 is 0 Å². The van der Waals surface area contributed by atoms with E-state index in [9.17, 15) is 9.59 Å². The molecule has 2 unspecified atom stereocenters. The van der Waals surface area contributed by atoms with E-state index < -0.39 is 29.3 Å². The minimum absolute atomic E-state index is 0.265. The highest BCUT2D eigenvalue weighted by Gasteiger charge is 2.38. The molecule has 162 valence electrons. The van der Waals surface area contributed by atoms with Gasteiger partial charge < -0.3 is 24.8 Å². The Morgan fingerprint density at radius 2 is 1.83 bits per heavy atom. The Morgan fingerprint density at radius 3 is 2.41 bits per heavy atom. The summed E-state index contributed by atoms with van der Waals surface area (Å²) in [6, 6.07) is 7.41. The van der Waals surface area contributed by atoms with E-state index in [1.807, 2.05) is 59.7 Å². The Bertz CT molecular complexity index is 721. The predicted molar refractivity (Wildman–Crippen MR) is 111 cm³/mol. The highest BCUT2D eigenvalue weighted by atomic mass is 16.6. The van der Waals surface area contributed by atoms with Crippen LogP contribution in [0.1, 0.15) is 47.1 Å². The van der Waals surface area contributed by atoms with Crippen molar-refractivity contribution in [2.75, 3.05) is 25.4 Å². The van der Waals surface area contributed by atoms with Gasteiger partial charge in [0.05, 0.1) is 25.2 Å². The summed E-state index contributed by atoms with van der Waals surface area (Å²) < 4.78 is 17.0. The molecule has 0 radical (unpaired) electrons. The van der Waals surface area contributed by atoms with Gasteiger partial charge in [-0.2, -0.15) is 0 Å². The summed E-state index contributed by atoms with van der Waals surface area (Å²) in [4.78, 5) is 27.1. The first kappa shape index (κ1) is 23.0. The molecule has 7 nitrogen and oxygen atoms in total. The predicted octanol–water partition coefficient (Wildman–Crippen LogP) is 3.41. The SMILES string of the molecule is CC(C)(C)OC(=O)C(Cc1cccc(N)c1)C1CN(C(=O)OC(C)(C)C)CCO1. The lowest BCUT2D eigenvalue weighted by Crippen LogP contribution is -2.52. The van der Waals surface area contributed by atoms with Gasteiger partial charge in [-0.05, 0) is 65.7 Å². The zero-order valence-corrected chi connectivity index (χ0v) is 18.4. The third-order valence-electron chi connectivity index (χ3n) is 4.31. The minimum Gasteiger partial charge on any atom is -0.460 e. The Kier molecular flexibility index (Phi) is 7.16. The van der Waals surface area contributed by atoms with Crippen molar-refractivity contribution in [3.8, 4) is 0 Å². The summed E-state index contributed by atoms with van der Waals surface area (Å²) in [5, 5.41) is 0. The number of esters is 1. The number of nitrogens with zero attached hydrogens (tertiary/aromatic N) is 1. The van der Waals surface area contributed by atoms with Crippen LogP contribution in [0.3, 0.4) is 0 Å².